The van der Waals surface area contributed by atoms with Gasteiger partial charge in [-0.05, 0) is 25.8 Å². The topological polar surface area (TPSA) is 72.2 Å². The average Bonchev–Trinajstić information content (AvgIpc) is 2.41. The highest BCUT2D eigenvalue weighted by molar-refractivity contribution is 9.09. The van der Waals surface area contributed by atoms with Crippen LogP contribution >= 0.6 is 15.9 Å². The molecule has 1 N–H and O–H groups in total. The summed E-state index contributed by atoms with van der Waals surface area (Å²) in [5.41, 5.74) is 0.528. The highest BCUT2D eigenvalue weighted by atomic mass is 79.9. The third-order valence-electron chi connectivity index (χ3n) is 3.01. The first kappa shape index (κ1) is 16.6. The first-order chi connectivity index (χ1) is 9.57. The van der Waals surface area contributed by atoms with Crippen LogP contribution in [-0.2, 0) is 0 Å². The summed E-state index contributed by atoms with van der Waals surface area (Å²) in [5, 5.41) is 14.8. The number of nitrogens with one attached hydrogen (secondary N) is 1. The second kappa shape index (κ2) is 8.68. The molecule has 1 rings (SSSR count). The zero-order valence-corrected chi connectivity index (χ0v) is 13.1. The Morgan fingerprint density at radius 3 is 2.65 bits per heavy atom. The van der Waals surface area contributed by atoms with E-state index < -0.39 is 4.92 Å². The summed E-state index contributed by atoms with van der Waals surface area (Å²) in [7, 11) is 0. The third kappa shape index (κ3) is 4.92. The van der Waals surface area contributed by atoms with Gasteiger partial charge in [-0.3, -0.25) is 14.9 Å². The van der Waals surface area contributed by atoms with E-state index in [1.54, 1.807) is 19.1 Å². The van der Waals surface area contributed by atoms with E-state index in [0.29, 0.717) is 12.1 Å². The highest BCUT2D eigenvalue weighted by Crippen LogP contribution is 2.22. The predicted octanol–water partition coefficient (Wildman–Crippen LogP) is 3.59. The molecule has 5 nitrogen and oxygen atoms in total. The van der Waals surface area contributed by atoms with E-state index in [0.717, 1.165) is 31.0 Å². The van der Waals surface area contributed by atoms with E-state index in [4.69, 9.17) is 0 Å². The number of hydrogen-bond donors (Lipinski definition) is 1. The number of hydrogen-bond acceptors (Lipinski definition) is 3. The van der Waals surface area contributed by atoms with Crippen molar-refractivity contribution in [3.8, 4) is 0 Å². The second-order valence-electron chi connectivity index (χ2n) is 4.59. The minimum Gasteiger partial charge on any atom is -0.352 e. The van der Waals surface area contributed by atoms with Gasteiger partial charge in [0.25, 0.3) is 11.6 Å². The van der Waals surface area contributed by atoms with Gasteiger partial charge in [0.15, 0.2) is 0 Å². The van der Waals surface area contributed by atoms with E-state index in [1.807, 2.05) is 0 Å². The molecule has 110 valence electrons. The van der Waals surface area contributed by atoms with E-state index in [9.17, 15) is 14.9 Å². The zero-order valence-electron chi connectivity index (χ0n) is 11.5. The molecule has 0 aliphatic carbocycles. The number of alkyl halides is 1. The van der Waals surface area contributed by atoms with Crippen LogP contribution in [0.15, 0.2) is 18.2 Å². The quantitative estimate of drug-likeness (QED) is 0.339. The summed E-state index contributed by atoms with van der Waals surface area (Å²) in [6.07, 6.45) is 4.17. The fourth-order valence-corrected chi connectivity index (χ4v) is 2.35. The SMILES string of the molecule is Cc1cccc(C(=O)NCCCCCCBr)c1[N+](=O)[O-]. The molecule has 0 saturated carbocycles. The van der Waals surface area contributed by atoms with Crippen LogP contribution in [0.5, 0.6) is 0 Å². The molecule has 0 radical (unpaired) electrons. The number of para-hydroxylation sites is 1. The number of halogens is 1. The van der Waals surface area contributed by atoms with Gasteiger partial charge in [-0.1, -0.05) is 40.9 Å². The van der Waals surface area contributed by atoms with Crippen molar-refractivity contribution in [1.29, 1.82) is 0 Å². The van der Waals surface area contributed by atoms with Crippen LogP contribution in [0, 0.1) is 17.0 Å². The Kier molecular flexibility index (Phi) is 7.22. The standard InChI is InChI=1S/C14H19BrN2O3/c1-11-7-6-8-12(13(11)17(19)20)14(18)16-10-5-3-2-4-9-15/h6-8H,2-5,9-10H2,1H3,(H,16,18). The van der Waals surface area contributed by atoms with Crippen molar-refractivity contribution in [2.75, 3.05) is 11.9 Å². The minimum absolute atomic E-state index is 0.107. The summed E-state index contributed by atoms with van der Waals surface area (Å²) in [5.74, 6) is -0.374. The molecule has 0 fully saturated rings. The molecular formula is C14H19BrN2O3. The molecule has 20 heavy (non-hydrogen) atoms. The van der Waals surface area contributed by atoms with Crippen molar-refractivity contribution in [2.45, 2.75) is 32.6 Å². The first-order valence-corrected chi connectivity index (χ1v) is 7.78. The van der Waals surface area contributed by atoms with E-state index in [-0.39, 0.29) is 17.2 Å². The molecule has 0 bridgehead atoms. The van der Waals surface area contributed by atoms with Crippen LogP contribution in [0.3, 0.4) is 0 Å². The first-order valence-electron chi connectivity index (χ1n) is 6.66. The molecule has 1 amide bonds. The molecule has 6 heteroatoms. The molecule has 0 unspecified atom stereocenters. The molecule has 1 aromatic rings. The van der Waals surface area contributed by atoms with Gasteiger partial charge in [-0.25, -0.2) is 0 Å². The van der Waals surface area contributed by atoms with Crippen molar-refractivity contribution in [2.24, 2.45) is 0 Å². The molecule has 0 aromatic heterocycles. The van der Waals surface area contributed by atoms with Crippen LogP contribution in [-0.4, -0.2) is 22.7 Å². The number of aryl methyl sites for hydroxylation is 1. The minimum atomic E-state index is -0.500. The lowest BCUT2D eigenvalue weighted by Crippen LogP contribution is -2.25. The molecule has 0 aliphatic heterocycles. The van der Waals surface area contributed by atoms with Gasteiger partial charge in [0.1, 0.15) is 5.56 Å². The lowest BCUT2D eigenvalue weighted by Gasteiger charge is -2.07. The van der Waals surface area contributed by atoms with Crippen LogP contribution < -0.4 is 5.32 Å². The van der Waals surface area contributed by atoms with Crippen molar-refractivity contribution < 1.29 is 9.72 Å². The van der Waals surface area contributed by atoms with Crippen molar-refractivity contribution in [3.63, 3.8) is 0 Å². The van der Waals surface area contributed by atoms with E-state index in [2.05, 4.69) is 21.2 Å². The van der Waals surface area contributed by atoms with Crippen LogP contribution in [0.2, 0.25) is 0 Å². The summed E-state index contributed by atoms with van der Waals surface area (Å²) >= 11 is 3.37. The molecular weight excluding hydrogens is 324 g/mol. The van der Waals surface area contributed by atoms with Crippen molar-refractivity contribution >= 4 is 27.5 Å². The average molecular weight is 343 g/mol. The Morgan fingerprint density at radius 2 is 2.00 bits per heavy atom. The number of unbranched alkanes of at least 4 members (excludes halogenated alkanes) is 3. The van der Waals surface area contributed by atoms with Crippen LogP contribution in [0.25, 0.3) is 0 Å². The summed E-state index contributed by atoms with van der Waals surface area (Å²) in [4.78, 5) is 22.5. The summed E-state index contributed by atoms with van der Waals surface area (Å²) in [6.45, 7) is 2.18. The van der Waals surface area contributed by atoms with Crippen LogP contribution in [0.4, 0.5) is 5.69 Å². The monoisotopic (exact) mass is 342 g/mol. The fraction of sp³-hybridized carbons (Fsp3) is 0.500. The number of rotatable bonds is 8. The van der Waals surface area contributed by atoms with Crippen molar-refractivity contribution in [1.82, 2.24) is 5.32 Å². The Morgan fingerprint density at radius 1 is 1.30 bits per heavy atom. The second-order valence-corrected chi connectivity index (χ2v) is 5.38. The number of benzene rings is 1. The third-order valence-corrected chi connectivity index (χ3v) is 3.57. The Hall–Kier alpha value is -1.43. The Labute approximate surface area is 127 Å². The lowest BCUT2D eigenvalue weighted by atomic mass is 10.1. The maximum atomic E-state index is 12.0. The number of nitrogens with zero attached hydrogens (tertiary/aromatic N) is 1. The van der Waals surface area contributed by atoms with Gasteiger partial charge in [0.2, 0.25) is 0 Å². The fourth-order valence-electron chi connectivity index (χ4n) is 1.95. The lowest BCUT2D eigenvalue weighted by molar-refractivity contribution is -0.385. The number of carbonyl (C=O) groups is 1. The van der Waals surface area contributed by atoms with Gasteiger partial charge in [-0.2, -0.15) is 0 Å². The molecule has 0 atom stereocenters. The maximum absolute atomic E-state index is 12.0. The van der Waals surface area contributed by atoms with Gasteiger partial charge in [0, 0.05) is 17.4 Å². The predicted molar refractivity (Wildman–Crippen MR) is 82.4 cm³/mol. The number of nitro benzene ring substituents is 1. The summed E-state index contributed by atoms with van der Waals surface area (Å²) < 4.78 is 0. The van der Waals surface area contributed by atoms with Crippen molar-refractivity contribution in [3.05, 3.63) is 39.4 Å². The highest BCUT2D eigenvalue weighted by Gasteiger charge is 2.21. The molecule has 0 heterocycles. The number of carbonyl (C=O) groups excluding carboxylic acids is 1. The smallest absolute Gasteiger partial charge is 0.285 e. The molecule has 0 aliphatic rings. The van der Waals surface area contributed by atoms with Gasteiger partial charge >= 0.3 is 0 Å². The Balaban J connectivity index is 2.56. The largest absolute Gasteiger partial charge is 0.352 e. The summed E-state index contributed by atoms with van der Waals surface area (Å²) in [6, 6.07) is 4.79. The molecule has 0 saturated heterocycles. The number of nitro groups is 1. The molecule has 0 spiro atoms. The van der Waals surface area contributed by atoms with Gasteiger partial charge < -0.3 is 5.32 Å². The van der Waals surface area contributed by atoms with Crippen LogP contribution in [0.1, 0.15) is 41.6 Å². The maximum Gasteiger partial charge on any atom is 0.285 e. The normalized spacial score (nSPS) is 10.3. The van der Waals surface area contributed by atoms with Gasteiger partial charge in [0.05, 0.1) is 4.92 Å². The van der Waals surface area contributed by atoms with E-state index in [1.165, 1.54) is 6.07 Å². The molecule has 1 aromatic carbocycles. The van der Waals surface area contributed by atoms with Gasteiger partial charge in [-0.15, -0.1) is 0 Å². The Bertz CT molecular complexity index is 477. The number of amides is 1. The zero-order chi connectivity index (χ0) is 15.0. The van der Waals surface area contributed by atoms with E-state index >= 15 is 0 Å².